The monoisotopic (exact) mass is 200 g/mol. The molecule has 0 aliphatic carbocycles. The lowest BCUT2D eigenvalue weighted by Gasteiger charge is -1.95. The number of nitriles is 1. The summed E-state index contributed by atoms with van der Waals surface area (Å²) in [7, 11) is 0. The smallest absolute Gasteiger partial charge is 0.258 e. The second-order valence-corrected chi connectivity index (χ2v) is 2.95. The number of non-ortho nitro benzene ring substituents is 1. The number of hydrogen-bond donors (Lipinski definition) is 0. The van der Waals surface area contributed by atoms with Crippen LogP contribution in [0.3, 0.4) is 0 Å². The molecule has 0 N–H and O–H groups in total. The van der Waals surface area contributed by atoms with Crippen molar-refractivity contribution in [3.05, 3.63) is 39.4 Å². The maximum Gasteiger partial charge on any atom is 0.270 e. The molecule has 74 valence electrons. The first-order valence-corrected chi connectivity index (χ1v) is 4.25. The summed E-state index contributed by atoms with van der Waals surface area (Å²) in [6.07, 6.45) is 0.127. The minimum absolute atomic E-state index is 0.0243. The first kappa shape index (κ1) is 10.7. The van der Waals surface area contributed by atoms with Gasteiger partial charge in [-0.15, -0.1) is 0 Å². The van der Waals surface area contributed by atoms with Crippen LogP contribution in [-0.4, -0.2) is 4.92 Å². The maximum absolute atomic E-state index is 10.5. The predicted octanol–water partition coefficient (Wildman–Crippen LogP) is 2.17. The Bertz CT molecular complexity index is 490. The van der Waals surface area contributed by atoms with E-state index in [4.69, 9.17) is 5.26 Å². The second-order valence-electron chi connectivity index (χ2n) is 2.95. The molecule has 1 rings (SSSR count). The summed E-state index contributed by atoms with van der Waals surface area (Å²) in [5, 5.41) is 18.8. The van der Waals surface area contributed by atoms with Crippen LogP contribution in [0.15, 0.2) is 18.2 Å². The van der Waals surface area contributed by atoms with E-state index in [1.165, 1.54) is 12.1 Å². The fraction of sp³-hybridized carbons (Fsp3) is 0.182. The summed E-state index contributed by atoms with van der Waals surface area (Å²) in [6.45, 7) is 1.77. The van der Waals surface area contributed by atoms with E-state index in [0.717, 1.165) is 5.56 Å². The number of hydrogen-bond acceptors (Lipinski definition) is 3. The van der Waals surface area contributed by atoms with E-state index in [0.29, 0.717) is 5.56 Å². The molecule has 0 amide bonds. The number of nitrogens with zero attached hydrogens (tertiary/aromatic N) is 2. The average Bonchev–Trinajstić information content (AvgIpc) is 2.17. The highest BCUT2D eigenvalue weighted by molar-refractivity contribution is 5.46. The van der Waals surface area contributed by atoms with Crippen molar-refractivity contribution in [2.75, 3.05) is 0 Å². The van der Waals surface area contributed by atoms with E-state index in [2.05, 4.69) is 11.8 Å². The molecule has 0 aliphatic heterocycles. The molecule has 4 heteroatoms. The van der Waals surface area contributed by atoms with Crippen LogP contribution in [0.25, 0.3) is 0 Å². The van der Waals surface area contributed by atoms with Crippen LogP contribution in [-0.2, 0) is 0 Å². The molecule has 0 bridgehead atoms. The summed E-state index contributed by atoms with van der Waals surface area (Å²) >= 11 is 0. The topological polar surface area (TPSA) is 66.9 Å². The zero-order chi connectivity index (χ0) is 11.3. The van der Waals surface area contributed by atoms with E-state index in [1.54, 1.807) is 13.0 Å². The molecule has 0 saturated carbocycles. The number of benzene rings is 1. The standard InChI is InChI=1S/C11H8N2O2/c1-9-6-10(4-2-3-5-12)8-11(7-9)13(14)15/h6-8H,3H2,1H3. The Kier molecular flexibility index (Phi) is 3.43. The van der Waals surface area contributed by atoms with Gasteiger partial charge in [-0.1, -0.05) is 11.8 Å². The normalized spacial score (nSPS) is 8.53. The Hall–Kier alpha value is -2.33. The summed E-state index contributed by atoms with van der Waals surface area (Å²) < 4.78 is 0. The highest BCUT2D eigenvalue weighted by Gasteiger charge is 2.06. The van der Waals surface area contributed by atoms with Gasteiger partial charge < -0.3 is 0 Å². The van der Waals surface area contributed by atoms with Crippen molar-refractivity contribution in [2.45, 2.75) is 13.3 Å². The van der Waals surface area contributed by atoms with E-state index < -0.39 is 4.92 Å². The Labute approximate surface area is 87.3 Å². The predicted molar refractivity (Wildman–Crippen MR) is 54.9 cm³/mol. The fourth-order valence-electron chi connectivity index (χ4n) is 1.13. The van der Waals surface area contributed by atoms with Gasteiger partial charge in [-0.25, -0.2) is 0 Å². The fourth-order valence-corrected chi connectivity index (χ4v) is 1.13. The van der Waals surface area contributed by atoms with Gasteiger partial charge in [0.15, 0.2) is 0 Å². The van der Waals surface area contributed by atoms with E-state index in [9.17, 15) is 10.1 Å². The molecular weight excluding hydrogens is 192 g/mol. The van der Waals surface area contributed by atoms with Crippen molar-refractivity contribution >= 4 is 5.69 Å². The van der Waals surface area contributed by atoms with Gasteiger partial charge in [0.2, 0.25) is 0 Å². The van der Waals surface area contributed by atoms with Crippen molar-refractivity contribution in [3.63, 3.8) is 0 Å². The second kappa shape index (κ2) is 4.78. The highest BCUT2D eigenvalue weighted by atomic mass is 16.6. The SMILES string of the molecule is Cc1cc(C#CCC#N)cc([N+](=O)[O-])c1. The van der Waals surface area contributed by atoms with Crippen LogP contribution >= 0.6 is 0 Å². The Morgan fingerprint density at radius 2 is 2.20 bits per heavy atom. The maximum atomic E-state index is 10.5. The van der Waals surface area contributed by atoms with Crippen LogP contribution < -0.4 is 0 Å². The van der Waals surface area contributed by atoms with E-state index in [-0.39, 0.29) is 12.1 Å². The van der Waals surface area contributed by atoms with E-state index >= 15 is 0 Å². The molecule has 0 saturated heterocycles. The summed E-state index contributed by atoms with van der Waals surface area (Å²) in [5.74, 6) is 5.32. The third-order valence-corrected chi connectivity index (χ3v) is 1.67. The third-order valence-electron chi connectivity index (χ3n) is 1.67. The van der Waals surface area contributed by atoms with Crippen molar-refractivity contribution in [1.82, 2.24) is 0 Å². The third kappa shape index (κ3) is 3.13. The number of nitro groups is 1. The number of rotatable bonds is 1. The van der Waals surface area contributed by atoms with Crippen molar-refractivity contribution < 1.29 is 4.92 Å². The molecule has 0 unspecified atom stereocenters. The van der Waals surface area contributed by atoms with Gasteiger partial charge in [-0.05, 0) is 18.6 Å². The van der Waals surface area contributed by atoms with Crippen LogP contribution in [0.2, 0.25) is 0 Å². The molecule has 1 aromatic carbocycles. The van der Waals surface area contributed by atoms with Gasteiger partial charge >= 0.3 is 0 Å². The van der Waals surface area contributed by atoms with Gasteiger partial charge in [-0.2, -0.15) is 5.26 Å². The zero-order valence-electron chi connectivity index (χ0n) is 8.15. The van der Waals surface area contributed by atoms with Crippen LogP contribution in [0, 0.1) is 40.2 Å². The lowest BCUT2D eigenvalue weighted by molar-refractivity contribution is -0.384. The molecule has 0 radical (unpaired) electrons. The Morgan fingerprint density at radius 1 is 1.47 bits per heavy atom. The van der Waals surface area contributed by atoms with Crippen LogP contribution in [0.4, 0.5) is 5.69 Å². The Morgan fingerprint density at radius 3 is 2.80 bits per heavy atom. The molecule has 0 aromatic heterocycles. The van der Waals surface area contributed by atoms with Crippen LogP contribution in [0.5, 0.6) is 0 Å². The van der Waals surface area contributed by atoms with Gasteiger partial charge in [0.05, 0.1) is 17.4 Å². The zero-order valence-corrected chi connectivity index (χ0v) is 8.15. The first-order chi connectivity index (χ1) is 7.13. The first-order valence-electron chi connectivity index (χ1n) is 4.25. The van der Waals surface area contributed by atoms with Gasteiger partial charge in [0.1, 0.15) is 0 Å². The number of nitro benzene ring substituents is 1. The molecule has 0 atom stereocenters. The van der Waals surface area contributed by atoms with Crippen molar-refractivity contribution in [1.29, 1.82) is 5.26 Å². The lowest BCUT2D eigenvalue weighted by atomic mass is 10.1. The summed E-state index contributed by atoms with van der Waals surface area (Å²) in [4.78, 5) is 10.1. The van der Waals surface area contributed by atoms with Crippen molar-refractivity contribution in [3.8, 4) is 17.9 Å². The van der Waals surface area contributed by atoms with Gasteiger partial charge in [0.25, 0.3) is 5.69 Å². The largest absolute Gasteiger partial charge is 0.270 e. The molecule has 0 heterocycles. The lowest BCUT2D eigenvalue weighted by Crippen LogP contribution is -1.89. The summed E-state index contributed by atoms with van der Waals surface area (Å²) in [5.41, 5.74) is 1.37. The minimum Gasteiger partial charge on any atom is -0.258 e. The quantitative estimate of drug-likeness (QED) is 0.396. The van der Waals surface area contributed by atoms with Gasteiger partial charge in [-0.3, -0.25) is 10.1 Å². The average molecular weight is 200 g/mol. The molecule has 15 heavy (non-hydrogen) atoms. The highest BCUT2D eigenvalue weighted by Crippen LogP contribution is 2.15. The van der Waals surface area contributed by atoms with Gasteiger partial charge in [0, 0.05) is 17.7 Å². The molecule has 4 nitrogen and oxygen atoms in total. The van der Waals surface area contributed by atoms with Crippen LogP contribution in [0.1, 0.15) is 17.5 Å². The van der Waals surface area contributed by atoms with Crippen molar-refractivity contribution in [2.24, 2.45) is 0 Å². The molecule has 0 spiro atoms. The molecule has 0 aliphatic rings. The molecular formula is C11H8N2O2. The summed E-state index contributed by atoms with van der Waals surface area (Å²) in [6, 6.07) is 6.51. The molecule has 0 fully saturated rings. The molecule has 1 aromatic rings. The minimum atomic E-state index is -0.456. The van der Waals surface area contributed by atoms with E-state index in [1.807, 2.05) is 6.07 Å². The Balaban J connectivity index is 3.07. The number of aryl methyl sites for hydroxylation is 1.